The lowest BCUT2D eigenvalue weighted by Crippen LogP contribution is -2.54. The summed E-state index contributed by atoms with van der Waals surface area (Å²) in [4.78, 5) is 59.6. The molecule has 4 amide bonds. The molecule has 8 rings (SSSR count). The largest absolute Gasteiger partial charge is 0.490 e. The van der Waals surface area contributed by atoms with Crippen LogP contribution in [0.25, 0.3) is 11.5 Å². The zero-order valence-electron chi connectivity index (χ0n) is 29.3. The molecule has 1 aliphatic carbocycles. The van der Waals surface area contributed by atoms with Crippen LogP contribution >= 0.6 is 0 Å². The smallest absolute Gasteiger partial charge is 0.262 e. The molecule has 2 aliphatic heterocycles. The molecule has 3 aromatic carbocycles. The number of aryl methyl sites for hydroxylation is 1. The molecule has 2 aromatic heterocycles. The summed E-state index contributed by atoms with van der Waals surface area (Å²) in [5.74, 6) is 0.904. The lowest BCUT2D eigenvalue weighted by atomic mass is 9.78. The van der Waals surface area contributed by atoms with Gasteiger partial charge in [-0.25, -0.2) is 0 Å². The van der Waals surface area contributed by atoms with Gasteiger partial charge in [-0.2, -0.15) is 4.98 Å². The number of rotatable bonds is 10. The molecule has 0 bridgehead atoms. The van der Waals surface area contributed by atoms with Crippen LogP contribution in [0.5, 0.6) is 17.2 Å². The minimum absolute atomic E-state index is 0.0346. The molecule has 3 aliphatic rings. The number of hydrogen-bond donors (Lipinski definition) is 2. The number of ether oxygens (including phenoxy) is 2. The van der Waals surface area contributed by atoms with E-state index in [1.54, 1.807) is 43.5 Å². The molecular weight excluding hydrogens is 676 g/mol. The predicted molar refractivity (Wildman–Crippen MR) is 192 cm³/mol. The van der Waals surface area contributed by atoms with E-state index in [0.29, 0.717) is 34.6 Å². The molecule has 268 valence electrons. The van der Waals surface area contributed by atoms with Gasteiger partial charge < -0.3 is 19.3 Å². The summed E-state index contributed by atoms with van der Waals surface area (Å²) in [6.07, 6.45) is 3.42. The number of carbonyl (C=O) groups excluding carboxylic acids is 4. The highest BCUT2D eigenvalue weighted by Gasteiger charge is 2.45. The first-order valence-electron chi connectivity index (χ1n) is 17.5. The van der Waals surface area contributed by atoms with Crippen LogP contribution in [0.3, 0.4) is 0 Å². The molecular formula is C40H36N6O7. The molecule has 2 N–H and O–H groups in total. The predicted octanol–water partition coefficient (Wildman–Crippen LogP) is 5.98. The summed E-state index contributed by atoms with van der Waals surface area (Å²) >= 11 is 0. The summed E-state index contributed by atoms with van der Waals surface area (Å²) in [6.45, 7) is 6.08. The van der Waals surface area contributed by atoms with Gasteiger partial charge >= 0.3 is 0 Å². The highest BCUT2D eigenvalue weighted by molar-refractivity contribution is 6.23. The van der Waals surface area contributed by atoms with Crippen molar-refractivity contribution < 1.29 is 33.2 Å². The summed E-state index contributed by atoms with van der Waals surface area (Å²) in [5, 5.41) is 9.58. The third-order valence-corrected chi connectivity index (χ3v) is 10.1. The Kier molecular flexibility index (Phi) is 8.48. The van der Waals surface area contributed by atoms with Gasteiger partial charge in [-0.3, -0.25) is 34.4 Å². The number of aromatic nitrogens is 3. The number of pyridine rings is 1. The summed E-state index contributed by atoms with van der Waals surface area (Å²) in [5.41, 5.74) is 3.78. The van der Waals surface area contributed by atoms with Gasteiger partial charge in [-0.15, -0.1) is 0 Å². The van der Waals surface area contributed by atoms with E-state index in [2.05, 4.69) is 63.9 Å². The van der Waals surface area contributed by atoms with Gasteiger partial charge in [0, 0.05) is 55.6 Å². The first-order chi connectivity index (χ1) is 25.5. The number of fused-ring (bicyclic) bond motifs is 1. The Morgan fingerprint density at radius 3 is 2.23 bits per heavy atom. The average Bonchev–Trinajstić information content (AvgIpc) is 3.67. The molecule has 1 saturated carbocycles. The highest BCUT2D eigenvalue weighted by Crippen LogP contribution is 2.36. The Bertz CT molecular complexity index is 2240. The van der Waals surface area contributed by atoms with Gasteiger partial charge in [-0.05, 0) is 66.1 Å². The molecule has 13 heteroatoms. The van der Waals surface area contributed by atoms with Gasteiger partial charge in [0.05, 0.1) is 11.1 Å². The van der Waals surface area contributed by atoms with Gasteiger partial charge in [0.1, 0.15) is 35.1 Å². The van der Waals surface area contributed by atoms with E-state index in [-0.39, 0.29) is 41.5 Å². The van der Waals surface area contributed by atoms with Crippen molar-refractivity contribution in [3.05, 3.63) is 113 Å². The number of nitrogens with one attached hydrogen (secondary N) is 2. The zero-order chi connectivity index (χ0) is 36.9. The second-order valence-electron chi connectivity index (χ2n) is 14.0. The first-order valence-corrected chi connectivity index (χ1v) is 17.5. The number of imide groups is 2. The van der Waals surface area contributed by atoms with Crippen molar-refractivity contribution in [1.29, 1.82) is 0 Å². The van der Waals surface area contributed by atoms with Gasteiger partial charge in [0.25, 0.3) is 11.8 Å². The van der Waals surface area contributed by atoms with Crippen molar-refractivity contribution in [3.8, 4) is 28.8 Å². The number of piperidine rings is 1. The maximum atomic E-state index is 13.2. The number of amides is 4. The van der Waals surface area contributed by atoms with Crippen molar-refractivity contribution in [2.75, 3.05) is 5.32 Å². The van der Waals surface area contributed by atoms with Gasteiger partial charge in [-0.1, -0.05) is 43.3 Å². The lowest BCUT2D eigenvalue weighted by molar-refractivity contribution is -0.136. The first kappa shape index (κ1) is 33.8. The number of benzene rings is 3. The normalized spacial score (nSPS) is 19.8. The van der Waals surface area contributed by atoms with E-state index >= 15 is 0 Å². The van der Waals surface area contributed by atoms with E-state index in [1.807, 2.05) is 24.3 Å². The van der Waals surface area contributed by atoms with Gasteiger partial charge in [0.2, 0.25) is 23.5 Å². The highest BCUT2D eigenvalue weighted by atomic mass is 16.5. The second-order valence-corrected chi connectivity index (χ2v) is 14.0. The molecule has 1 unspecified atom stereocenters. The van der Waals surface area contributed by atoms with Gasteiger partial charge in [0.15, 0.2) is 0 Å². The molecule has 1 saturated heterocycles. The fourth-order valence-corrected chi connectivity index (χ4v) is 6.96. The van der Waals surface area contributed by atoms with Crippen LogP contribution in [0.15, 0.2) is 89.6 Å². The zero-order valence-corrected chi connectivity index (χ0v) is 29.3. The molecule has 2 fully saturated rings. The second kappa shape index (κ2) is 13.3. The third-order valence-electron chi connectivity index (χ3n) is 10.1. The summed E-state index contributed by atoms with van der Waals surface area (Å²) in [7, 11) is 0. The molecule has 13 nitrogen and oxygen atoms in total. The van der Waals surface area contributed by atoms with E-state index in [4.69, 9.17) is 14.0 Å². The fourth-order valence-electron chi connectivity index (χ4n) is 6.96. The molecule has 0 radical (unpaired) electrons. The molecule has 0 spiro atoms. The van der Waals surface area contributed by atoms with Crippen LogP contribution in [0.1, 0.15) is 77.3 Å². The van der Waals surface area contributed by atoms with Crippen LogP contribution in [-0.4, -0.2) is 61.8 Å². The number of anilines is 1. The van der Waals surface area contributed by atoms with Crippen LogP contribution in [0.2, 0.25) is 0 Å². The Labute approximate surface area is 304 Å². The Morgan fingerprint density at radius 1 is 0.849 bits per heavy atom. The van der Waals surface area contributed by atoms with Crippen molar-refractivity contribution in [2.45, 2.75) is 70.1 Å². The number of nitrogens with zero attached hydrogens (tertiary/aromatic N) is 4. The molecule has 53 heavy (non-hydrogen) atoms. The SMILES string of the molecule is Cc1nc(-c2cc(Oc3ccc(C(C)(C)c4ccc(OC5CC(Nc6ccc7c(c6)C(=O)N(C6CCC(=O)NC6=O)C7=O)C5)cc4)cc3)ccn2)no1. The van der Waals surface area contributed by atoms with E-state index in [0.717, 1.165) is 34.6 Å². The Balaban J connectivity index is 0.839. The van der Waals surface area contributed by atoms with Crippen LogP contribution in [0.4, 0.5) is 5.69 Å². The maximum absolute atomic E-state index is 13.2. The third kappa shape index (κ3) is 6.61. The molecule has 1 atom stereocenters. The van der Waals surface area contributed by atoms with Crippen molar-refractivity contribution in [3.63, 3.8) is 0 Å². The van der Waals surface area contributed by atoms with E-state index in [9.17, 15) is 19.2 Å². The van der Waals surface area contributed by atoms with Crippen molar-refractivity contribution in [2.24, 2.45) is 0 Å². The minimum atomic E-state index is -0.989. The quantitative estimate of drug-likeness (QED) is 0.164. The monoisotopic (exact) mass is 712 g/mol. The standard InChI is InChI=1S/C40H36N6O7/c1-22-42-36(45-53-22)33-21-29(16-17-41-33)51-27-9-4-23(5-10-27)40(2,3)24-6-11-28(12-7-24)52-30-18-26(19-30)43-25-8-13-31-32(20-25)39(50)46(38(31)49)34-14-15-35(47)44-37(34)48/h4-13,16-17,20-21,26,30,34,43H,14-15,18-19H2,1-3H3,(H,44,47,48). The van der Waals surface area contributed by atoms with E-state index < -0.39 is 29.7 Å². The Morgan fingerprint density at radius 2 is 1.55 bits per heavy atom. The molecule has 5 aromatic rings. The fraction of sp³-hybridized carbons (Fsp3) is 0.275. The van der Waals surface area contributed by atoms with Crippen molar-refractivity contribution >= 4 is 29.3 Å². The summed E-state index contributed by atoms with van der Waals surface area (Å²) in [6, 6.07) is 23.9. The average molecular weight is 713 g/mol. The topological polar surface area (TPSA) is 166 Å². The minimum Gasteiger partial charge on any atom is -0.490 e. The Hall–Kier alpha value is -6.37. The van der Waals surface area contributed by atoms with Crippen LogP contribution < -0.4 is 20.1 Å². The van der Waals surface area contributed by atoms with Crippen molar-refractivity contribution in [1.82, 2.24) is 25.3 Å². The summed E-state index contributed by atoms with van der Waals surface area (Å²) < 4.78 is 17.4. The number of hydrogen-bond acceptors (Lipinski definition) is 11. The molecule has 4 heterocycles. The number of carbonyl (C=O) groups is 4. The van der Waals surface area contributed by atoms with Crippen LogP contribution in [-0.2, 0) is 15.0 Å². The van der Waals surface area contributed by atoms with Crippen LogP contribution in [0, 0.1) is 6.92 Å². The van der Waals surface area contributed by atoms with E-state index in [1.165, 1.54) is 0 Å². The lowest BCUT2D eigenvalue weighted by Gasteiger charge is -2.36. The maximum Gasteiger partial charge on any atom is 0.262 e.